The van der Waals surface area contributed by atoms with E-state index < -0.39 is 0 Å². The van der Waals surface area contributed by atoms with E-state index in [0.717, 1.165) is 11.8 Å². The summed E-state index contributed by atoms with van der Waals surface area (Å²) in [6.07, 6.45) is 4.94. The lowest BCUT2D eigenvalue weighted by atomic mass is 10.0. The molecule has 0 aromatic rings. The minimum absolute atomic E-state index is 0.230. The second-order valence-electron chi connectivity index (χ2n) is 4.07. The molecule has 0 aromatic heterocycles. The number of rotatable bonds is 2. The van der Waals surface area contributed by atoms with Crippen LogP contribution in [0.4, 0.5) is 4.79 Å². The van der Waals surface area contributed by atoms with Crippen LogP contribution < -0.4 is 5.32 Å². The molecule has 0 aromatic carbocycles. The third-order valence-corrected chi connectivity index (χ3v) is 3.39. The third kappa shape index (κ3) is 1.64. The van der Waals surface area contributed by atoms with Gasteiger partial charge >= 0.3 is 6.09 Å². The fourth-order valence-electron chi connectivity index (χ4n) is 2.79. The molecule has 3 nitrogen and oxygen atoms in total. The Morgan fingerprint density at radius 1 is 1.31 bits per heavy atom. The number of amides is 1. The summed E-state index contributed by atoms with van der Waals surface area (Å²) in [5, 5.41) is 2.98. The number of nitrogens with one attached hydrogen (secondary N) is 1. The van der Waals surface area contributed by atoms with Gasteiger partial charge in [0.15, 0.2) is 0 Å². The highest BCUT2D eigenvalue weighted by molar-refractivity contribution is 5.67. The lowest BCUT2D eigenvalue weighted by molar-refractivity contribution is 0.145. The van der Waals surface area contributed by atoms with E-state index in [1.807, 2.05) is 6.92 Å². The van der Waals surface area contributed by atoms with Crippen LogP contribution in [-0.4, -0.2) is 18.7 Å². The third-order valence-electron chi connectivity index (χ3n) is 3.39. The molecule has 2 rings (SSSR count). The van der Waals surface area contributed by atoms with Crippen molar-refractivity contribution < 1.29 is 9.53 Å². The smallest absolute Gasteiger partial charge is 0.407 e. The molecule has 0 aliphatic heterocycles. The molecule has 74 valence electrons. The lowest BCUT2D eigenvalue weighted by Crippen LogP contribution is -2.38. The first-order valence-corrected chi connectivity index (χ1v) is 5.24. The predicted molar refractivity (Wildman–Crippen MR) is 49.4 cm³/mol. The van der Waals surface area contributed by atoms with E-state index >= 15 is 0 Å². The normalized spacial score (nSPS) is 36.2. The van der Waals surface area contributed by atoms with Crippen LogP contribution in [0.25, 0.3) is 0 Å². The summed E-state index contributed by atoms with van der Waals surface area (Å²) in [5.41, 5.74) is 0. The molecule has 2 aliphatic carbocycles. The van der Waals surface area contributed by atoms with Crippen molar-refractivity contribution in [2.24, 2.45) is 11.8 Å². The Morgan fingerprint density at radius 2 is 1.85 bits per heavy atom. The van der Waals surface area contributed by atoms with Crippen molar-refractivity contribution in [3.05, 3.63) is 0 Å². The first-order valence-electron chi connectivity index (χ1n) is 5.24. The standard InChI is InChI=1S/C10H17NO2/c1-2-13-10(12)11-9-7-3-4-8(9)6-5-7/h7-9H,2-6H2,1H3,(H,11,12). The number of carbonyl (C=O) groups is 1. The lowest BCUT2D eigenvalue weighted by Gasteiger charge is -2.16. The molecular weight excluding hydrogens is 166 g/mol. The molecule has 1 N–H and O–H groups in total. The van der Waals surface area contributed by atoms with E-state index in [2.05, 4.69) is 5.32 Å². The summed E-state index contributed by atoms with van der Waals surface area (Å²) in [6, 6.07) is 0.416. The monoisotopic (exact) mass is 183 g/mol. The Hall–Kier alpha value is -0.730. The highest BCUT2D eigenvalue weighted by atomic mass is 16.5. The zero-order valence-electron chi connectivity index (χ0n) is 8.08. The largest absolute Gasteiger partial charge is 0.450 e. The molecule has 0 heterocycles. The molecule has 0 spiro atoms. The average molecular weight is 183 g/mol. The van der Waals surface area contributed by atoms with Gasteiger partial charge in [-0.15, -0.1) is 0 Å². The fourth-order valence-corrected chi connectivity index (χ4v) is 2.79. The summed E-state index contributed by atoms with van der Waals surface area (Å²) in [5.74, 6) is 1.46. The molecule has 2 aliphatic rings. The van der Waals surface area contributed by atoms with Crippen LogP contribution in [0.15, 0.2) is 0 Å². The van der Waals surface area contributed by atoms with Crippen molar-refractivity contribution in [1.29, 1.82) is 0 Å². The van der Waals surface area contributed by atoms with E-state index in [9.17, 15) is 4.79 Å². The zero-order chi connectivity index (χ0) is 9.26. The number of fused-ring (bicyclic) bond motifs is 2. The number of ether oxygens (including phenoxy) is 1. The summed E-state index contributed by atoms with van der Waals surface area (Å²) < 4.78 is 4.88. The summed E-state index contributed by atoms with van der Waals surface area (Å²) in [4.78, 5) is 11.2. The molecule has 0 radical (unpaired) electrons. The Bertz CT molecular complexity index is 185. The first kappa shape index (κ1) is 8.85. The second-order valence-corrected chi connectivity index (χ2v) is 4.07. The van der Waals surface area contributed by atoms with E-state index in [4.69, 9.17) is 4.74 Å². The van der Waals surface area contributed by atoms with Crippen LogP contribution in [-0.2, 0) is 4.74 Å². The predicted octanol–water partition coefficient (Wildman–Crippen LogP) is 1.92. The van der Waals surface area contributed by atoms with E-state index in [1.165, 1.54) is 25.7 Å². The van der Waals surface area contributed by atoms with Gasteiger partial charge in [-0.1, -0.05) is 0 Å². The quantitative estimate of drug-likeness (QED) is 0.710. The van der Waals surface area contributed by atoms with Gasteiger partial charge in [0.05, 0.1) is 6.61 Å². The van der Waals surface area contributed by atoms with Gasteiger partial charge in [0, 0.05) is 6.04 Å². The molecule has 2 bridgehead atoms. The second kappa shape index (κ2) is 3.56. The Morgan fingerprint density at radius 3 is 2.31 bits per heavy atom. The van der Waals surface area contributed by atoms with Crippen molar-refractivity contribution in [1.82, 2.24) is 5.32 Å². The van der Waals surface area contributed by atoms with Crippen molar-refractivity contribution in [2.75, 3.05) is 6.61 Å². The van der Waals surface area contributed by atoms with Gasteiger partial charge in [0.25, 0.3) is 0 Å². The van der Waals surface area contributed by atoms with E-state index in [0.29, 0.717) is 12.6 Å². The van der Waals surface area contributed by atoms with Crippen LogP contribution in [0.2, 0.25) is 0 Å². The van der Waals surface area contributed by atoms with E-state index in [1.54, 1.807) is 0 Å². The molecule has 3 heteroatoms. The van der Waals surface area contributed by atoms with Gasteiger partial charge in [-0.25, -0.2) is 4.79 Å². The van der Waals surface area contributed by atoms with Crippen molar-refractivity contribution in [3.63, 3.8) is 0 Å². The Kier molecular flexibility index (Phi) is 2.42. The average Bonchev–Trinajstić information content (AvgIpc) is 2.65. The van der Waals surface area contributed by atoms with Crippen molar-refractivity contribution in [2.45, 2.75) is 38.6 Å². The van der Waals surface area contributed by atoms with Gasteiger partial charge in [-0.05, 0) is 44.4 Å². The van der Waals surface area contributed by atoms with Gasteiger partial charge in [0.2, 0.25) is 0 Å². The Labute approximate surface area is 78.8 Å². The van der Waals surface area contributed by atoms with Crippen molar-refractivity contribution >= 4 is 6.09 Å². The van der Waals surface area contributed by atoms with Gasteiger partial charge < -0.3 is 10.1 Å². The minimum Gasteiger partial charge on any atom is -0.450 e. The van der Waals surface area contributed by atoms with Crippen LogP contribution in [0.1, 0.15) is 32.6 Å². The maximum Gasteiger partial charge on any atom is 0.407 e. The highest BCUT2D eigenvalue weighted by Crippen LogP contribution is 2.44. The molecule has 0 saturated heterocycles. The fraction of sp³-hybridized carbons (Fsp3) is 0.900. The van der Waals surface area contributed by atoms with Crippen LogP contribution >= 0.6 is 0 Å². The van der Waals surface area contributed by atoms with Gasteiger partial charge in [-0.2, -0.15) is 0 Å². The molecule has 2 fully saturated rings. The number of carbonyl (C=O) groups excluding carboxylic acids is 1. The molecule has 2 saturated carbocycles. The topological polar surface area (TPSA) is 38.3 Å². The highest BCUT2D eigenvalue weighted by Gasteiger charge is 2.42. The molecular formula is C10H17NO2. The van der Waals surface area contributed by atoms with E-state index in [-0.39, 0.29) is 6.09 Å². The number of alkyl carbamates (subject to hydrolysis) is 1. The summed E-state index contributed by atoms with van der Waals surface area (Å²) in [6.45, 7) is 2.30. The van der Waals surface area contributed by atoms with Crippen LogP contribution in [0.3, 0.4) is 0 Å². The number of hydrogen-bond donors (Lipinski definition) is 1. The van der Waals surface area contributed by atoms with Gasteiger partial charge in [-0.3, -0.25) is 0 Å². The SMILES string of the molecule is CCOC(=O)NC1C2CCC1CC2. The number of hydrogen-bond acceptors (Lipinski definition) is 2. The van der Waals surface area contributed by atoms with Crippen LogP contribution in [0, 0.1) is 11.8 Å². The maximum atomic E-state index is 11.2. The Balaban J connectivity index is 1.85. The molecule has 0 unspecified atom stereocenters. The van der Waals surface area contributed by atoms with Gasteiger partial charge in [0.1, 0.15) is 0 Å². The zero-order valence-corrected chi connectivity index (χ0v) is 8.08. The summed E-state index contributed by atoms with van der Waals surface area (Å²) >= 11 is 0. The van der Waals surface area contributed by atoms with Crippen molar-refractivity contribution in [3.8, 4) is 0 Å². The minimum atomic E-state index is -0.230. The first-order chi connectivity index (χ1) is 6.31. The molecule has 13 heavy (non-hydrogen) atoms. The van der Waals surface area contributed by atoms with Crippen LogP contribution in [0.5, 0.6) is 0 Å². The maximum absolute atomic E-state index is 11.2. The summed E-state index contributed by atoms with van der Waals surface area (Å²) in [7, 11) is 0. The molecule has 0 atom stereocenters. The molecule has 1 amide bonds.